The molecule has 1 heterocycles. The van der Waals surface area contributed by atoms with Crippen LogP contribution in [0.25, 0.3) is 0 Å². The highest BCUT2D eigenvalue weighted by molar-refractivity contribution is 7.16. The molecule has 0 fully saturated rings. The highest BCUT2D eigenvalue weighted by Crippen LogP contribution is 2.33. The molecule has 110 valence electrons. The molecule has 0 saturated carbocycles. The molecule has 1 aromatic heterocycles. The first kappa shape index (κ1) is 15.5. The minimum atomic E-state index is -0.455. The van der Waals surface area contributed by atoms with Crippen molar-refractivity contribution >= 4 is 39.8 Å². The maximum atomic E-state index is 12.2. The van der Waals surface area contributed by atoms with Crippen LogP contribution in [0.4, 0.5) is 5.00 Å². The fraction of sp³-hybridized carbons (Fsp3) is 0.200. The zero-order chi connectivity index (χ0) is 15.6. The van der Waals surface area contributed by atoms with E-state index in [1.165, 1.54) is 18.4 Å². The number of rotatable bonds is 3. The summed E-state index contributed by atoms with van der Waals surface area (Å²) in [4.78, 5) is 25.0. The molecule has 2 aromatic rings. The second-order valence-electron chi connectivity index (χ2n) is 4.44. The van der Waals surface area contributed by atoms with Crippen molar-refractivity contribution in [3.05, 3.63) is 50.9 Å². The molecule has 1 N–H and O–H groups in total. The number of anilines is 1. The summed E-state index contributed by atoms with van der Waals surface area (Å²) < 4.78 is 4.77. The van der Waals surface area contributed by atoms with E-state index in [1.807, 2.05) is 13.8 Å². The van der Waals surface area contributed by atoms with Crippen LogP contribution in [-0.2, 0) is 4.74 Å². The van der Waals surface area contributed by atoms with Gasteiger partial charge in [0.2, 0.25) is 0 Å². The van der Waals surface area contributed by atoms with E-state index in [0.717, 1.165) is 10.4 Å². The number of aryl methyl sites for hydroxylation is 1. The van der Waals surface area contributed by atoms with Gasteiger partial charge in [0, 0.05) is 15.5 Å². The summed E-state index contributed by atoms with van der Waals surface area (Å²) >= 11 is 7.15. The first-order valence-electron chi connectivity index (χ1n) is 6.19. The lowest BCUT2D eigenvalue weighted by molar-refractivity contribution is 0.0601. The molecule has 0 atom stereocenters. The molecule has 4 nitrogen and oxygen atoms in total. The van der Waals surface area contributed by atoms with E-state index in [2.05, 4.69) is 5.32 Å². The number of ether oxygens (including phenoxy) is 1. The molecule has 0 spiro atoms. The lowest BCUT2D eigenvalue weighted by atomic mass is 10.1. The zero-order valence-electron chi connectivity index (χ0n) is 11.8. The second kappa shape index (κ2) is 6.28. The van der Waals surface area contributed by atoms with Gasteiger partial charge in [0.1, 0.15) is 5.00 Å². The Labute approximate surface area is 131 Å². The Balaban J connectivity index is 2.31. The molecular formula is C15H14ClNO3S. The third-order valence-corrected chi connectivity index (χ3v) is 4.48. The summed E-state index contributed by atoms with van der Waals surface area (Å²) in [6, 6.07) is 6.54. The number of nitrogens with one attached hydrogen (secondary N) is 1. The number of methoxy groups -OCH3 is 1. The summed E-state index contributed by atoms with van der Waals surface area (Å²) in [7, 11) is 1.32. The van der Waals surface area contributed by atoms with E-state index in [-0.39, 0.29) is 5.91 Å². The van der Waals surface area contributed by atoms with E-state index >= 15 is 0 Å². The molecule has 1 amide bonds. The van der Waals surface area contributed by atoms with Crippen LogP contribution in [0.15, 0.2) is 24.3 Å². The quantitative estimate of drug-likeness (QED) is 0.867. The first-order chi connectivity index (χ1) is 9.93. The fourth-order valence-electron chi connectivity index (χ4n) is 1.84. The highest BCUT2D eigenvalue weighted by Gasteiger charge is 2.21. The molecule has 0 saturated heterocycles. The summed E-state index contributed by atoms with van der Waals surface area (Å²) in [5, 5.41) is 3.82. The maximum absolute atomic E-state index is 12.2. The standard InChI is InChI=1S/C15H14ClNO3S/c1-8-9(2)21-14(12(8)15(19)20-3)17-13(18)10-4-6-11(16)7-5-10/h4-7H,1-3H3,(H,17,18). The Morgan fingerprint density at radius 3 is 2.38 bits per heavy atom. The monoisotopic (exact) mass is 323 g/mol. The van der Waals surface area contributed by atoms with Crippen molar-refractivity contribution in [1.82, 2.24) is 0 Å². The summed E-state index contributed by atoms with van der Waals surface area (Å²) in [6.07, 6.45) is 0. The third kappa shape index (κ3) is 3.25. The van der Waals surface area contributed by atoms with Gasteiger partial charge in [0.15, 0.2) is 0 Å². The van der Waals surface area contributed by atoms with E-state index in [4.69, 9.17) is 16.3 Å². The number of hydrogen-bond donors (Lipinski definition) is 1. The third-order valence-electron chi connectivity index (χ3n) is 3.11. The van der Waals surface area contributed by atoms with Crippen LogP contribution in [0.3, 0.4) is 0 Å². The normalized spacial score (nSPS) is 10.3. The van der Waals surface area contributed by atoms with Crippen molar-refractivity contribution in [2.75, 3.05) is 12.4 Å². The second-order valence-corrected chi connectivity index (χ2v) is 6.10. The van der Waals surface area contributed by atoms with Gasteiger partial charge >= 0.3 is 5.97 Å². The average molecular weight is 324 g/mol. The fourth-order valence-corrected chi connectivity index (χ4v) is 3.01. The van der Waals surface area contributed by atoms with Crippen LogP contribution < -0.4 is 5.32 Å². The number of carbonyl (C=O) groups excluding carboxylic acids is 2. The Morgan fingerprint density at radius 2 is 1.81 bits per heavy atom. The number of amides is 1. The minimum Gasteiger partial charge on any atom is -0.465 e. The van der Waals surface area contributed by atoms with Gasteiger partial charge in [0.25, 0.3) is 5.91 Å². The summed E-state index contributed by atoms with van der Waals surface area (Å²) in [5.74, 6) is -0.749. The molecule has 0 aliphatic heterocycles. The Kier molecular flexibility index (Phi) is 4.65. The predicted octanol–water partition coefficient (Wildman–Crippen LogP) is 4.06. The van der Waals surface area contributed by atoms with E-state index in [9.17, 15) is 9.59 Å². The van der Waals surface area contributed by atoms with Crippen molar-refractivity contribution < 1.29 is 14.3 Å². The van der Waals surface area contributed by atoms with Gasteiger partial charge in [-0.05, 0) is 43.7 Å². The lowest BCUT2D eigenvalue weighted by Gasteiger charge is -2.06. The van der Waals surface area contributed by atoms with Crippen molar-refractivity contribution in [2.24, 2.45) is 0 Å². The van der Waals surface area contributed by atoms with E-state index in [1.54, 1.807) is 24.3 Å². The Hall–Kier alpha value is -1.85. The van der Waals surface area contributed by atoms with Crippen molar-refractivity contribution in [1.29, 1.82) is 0 Å². The number of thiophene rings is 1. The van der Waals surface area contributed by atoms with Crippen LogP contribution in [0.5, 0.6) is 0 Å². The number of halogens is 1. The Bertz CT molecular complexity index is 692. The lowest BCUT2D eigenvalue weighted by Crippen LogP contribution is -2.14. The highest BCUT2D eigenvalue weighted by atomic mass is 35.5. The number of carbonyl (C=O) groups is 2. The molecular weight excluding hydrogens is 310 g/mol. The summed E-state index contributed by atoms with van der Waals surface area (Å²) in [6.45, 7) is 3.72. The average Bonchev–Trinajstić information content (AvgIpc) is 2.73. The Morgan fingerprint density at radius 1 is 1.19 bits per heavy atom. The summed E-state index contributed by atoms with van der Waals surface area (Å²) in [5.41, 5.74) is 1.69. The molecule has 0 radical (unpaired) electrons. The predicted molar refractivity (Wildman–Crippen MR) is 84.5 cm³/mol. The number of hydrogen-bond acceptors (Lipinski definition) is 4. The van der Waals surface area contributed by atoms with Gasteiger partial charge in [-0.1, -0.05) is 11.6 Å². The molecule has 0 bridgehead atoms. The number of benzene rings is 1. The molecule has 0 aliphatic rings. The molecule has 1 aromatic carbocycles. The van der Waals surface area contributed by atoms with Gasteiger partial charge in [-0.25, -0.2) is 4.79 Å². The molecule has 21 heavy (non-hydrogen) atoms. The molecule has 0 unspecified atom stereocenters. The van der Waals surface area contributed by atoms with Gasteiger partial charge in [-0.15, -0.1) is 11.3 Å². The van der Waals surface area contributed by atoms with Crippen molar-refractivity contribution in [2.45, 2.75) is 13.8 Å². The smallest absolute Gasteiger partial charge is 0.341 e. The van der Waals surface area contributed by atoms with Gasteiger partial charge in [-0.3, -0.25) is 4.79 Å². The van der Waals surface area contributed by atoms with Crippen LogP contribution in [-0.4, -0.2) is 19.0 Å². The van der Waals surface area contributed by atoms with E-state index < -0.39 is 5.97 Å². The van der Waals surface area contributed by atoms with Crippen LogP contribution >= 0.6 is 22.9 Å². The SMILES string of the molecule is COC(=O)c1c(NC(=O)c2ccc(Cl)cc2)sc(C)c1C. The van der Waals surface area contributed by atoms with Gasteiger partial charge in [0.05, 0.1) is 12.7 Å². The van der Waals surface area contributed by atoms with Gasteiger partial charge in [-0.2, -0.15) is 0 Å². The van der Waals surface area contributed by atoms with Gasteiger partial charge < -0.3 is 10.1 Å². The van der Waals surface area contributed by atoms with Crippen molar-refractivity contribution in [3.8, 4) is 0 Å². The first-order valence-corrected chi connectivity index (χ1v) is 7.38. The molecule has 0 aliphatic carbocycles. The molecule has 6 heteroatoms. The van der Waals surface area contributed by atoms with E-state index in [0.29, 0.717) is 21.2 Å². The van der Waals surface area contributed by atoms with Crippen LogP contribution in [0.1, 0.15) is 31.2 Å². The maximum Gasteiger partial charge on any atom is 0.341 e. The van der Waals surface area contributed by atoms with Crippen molar-refractivity contribution in [3.63, 3.8) is 0 Å². The van der Waals surface area contributed by atoms with Crippen LogP contribution in [0.2, 0.25) is 5.02 Å². The molecule has 2 rings (SSSR count). The zero-order valence-corrected chi connectivity index (χ0v) is 13.4. The largest absolute Gasteiger partial charge is 0.465 e. The van der Waals surface area contributed by atoms with Crippen LogP contribution in [0, 0.1) is 13.8 Å². The number of esters is 1. The minimum absolute atomic E-state index is 0.293. The topological polar surface area (TPSA) is 55.4 Å².